The Balaban J connectivity index is 1.87. The topological polar surface area (TPSA) is 70.5 Å². The molecule has 0 amide bonds. The first-order valence-electron chi connectivity index (χ1n) is 7.49. The highest BCUT2D eigenvalue weighted by molar-refractivity contribution is 6.98. The molecule has 0 saturated heterocycles. The molecule has 2 heterocycles. The maximum absolute atomic E-state index is 6.15. The van der Waals surface area contributed by atoms with Gasteiger partial charge in [0.1, 0.15) is 23.0 Å². The highest BCUT2D eigenvalue weighted by Crippen LogP contribution is 2.37. The molecular formula is C18H13BN2O2. The number of hydrogen-bond donors (Lipinski definition) is 2. The van der Waals surface area contributed by atoms with Crippen molar-refractivity contribution in [3.63, 3.8) is 0 Å². The number of fused-ring (bicyclic) bond motifs is 4. The minimum absolute atomic E-state index is 0.0396. The summed E-state index contributed by atoms with van der Waals surface area (Å²) in [6.07, 6.45) is 0. The van der Waals surface area contributed by atoms with Crippen LogP contribution in [0.15, 0.2) is 54.6 Å². The van der Waals surface area contributed by atoms with Crippen LogP contribution in [-0.4, -0.2) is 6.71 Å². The highest BCUT2D eigenvalue weighted by Gasteiger charge is 2.40. The summed E-state index contributed by atoms with van der Waals surface area (Å²) in [5, 5.41) is 0. The van der Waals surface area contributed by atoms with Crippen LogP contribution in [0.25, 0.3) is 0 Å². The molecule has 2 aliphatic heterocycles. The van der Waals surface area contributed by atoms with E-state index < -0.39 is 0 Å². The van der Waals surface area contributed by atoms with Gasteiger partial charge in [-0.05, 0) is 35.2 Å². The van der Waals surface area contributed by atoms with Gasteiger partial charge in [-0.2, -0.15) is 0 Å². The Morgan fingerprint density at radius 2 is 1.57 bits per heavy atom. The molecule has 0 aromatic heterocycles. The quantitative estimate of drug-likeness (QED) is 0.336. The summed E-state index contributed by atoms with van der Waals surface area (Å²) in [5.74, 6) is 3.08. The van der Waals surface area contributed by atoms with Crippen LogP contribution in [0, 0.1) is 0 Å². The molecule has 0 spiro atoms. The standard InChI is InChI=1S/C18H13BN2O2/c20-10-5-6-12-16(9-10)22-15-8-7-13(21)18-17(15)19(12)11-3-1-2-4-14(11)23-18/h1-9H,20-21H2. The maximum Gasteiger partial charge on any atom is 0.260 e. The molecule has 0 bridgehead atoms. The predicted molar refractivity (Wildman–Crippen MR) is 93.0 cm³/mol. The van der Waals surface area contributed by atoms with Gasteiger partial charge >= 0.3 is 0 Å². The van der Waals surface area contributed by atoms with Crippen LogP contribution in [-0.2, 0) is 0 Å². The van der Waals surface area contributed by atoms with Crippen LogP contribution in [0.3, 0.4) is 0 Å². The Bertz CT molecular complexity index is 971. The van der Waals surface area contributed by atoms with Gasteiger partial charge in [0.15, 0.2) is 0 Å². The van der Waals surface area contributed by atoms with E-state index in [0.717, 1.165) is 33.6 Å². The van der Waals surface area contributed by atoms with E-state index in [9.17, 15) is 0 Å². The molecule has 0 fully saturated rings. The summed E-state index contributed by atoms with van der Waals surface area (Å²) in [6, 6.07) is 17.5. The zero-order chi connectivity index (χ0) is 15.6. The Morgan fingerprint density at radius 1 is 0.739 bits per heavy atom. The van der Waals surface area contributed by atoms with Crippen molar-refractivity contribution in [1.82, 2.24) is 0 Å². The first-order valence-corrected chi connectivity index (χ1v) is 7.49. The monoisotopic (exact) mass is 300 g/mol. The Morgan fingerprint density at radius 3 is 2.48 bits per heavy atom. The van der Waals surface area contributed by atoms with Crippen molar-refractivity contribution in [2.75, 3.05) is 11.5 Å². The van der Waals surface area contributed by atoms with Gasteiger partial charge in [-0.1, -0.05) is 24.3 Å². The average Bonchev–Trinajstić information content (AvgIpc) is 2.57. The second kappa shape index (κ2) is 4.23. The number of rotatable bonds is 0. The van der Waals surface area contributed by atoms with Gasteiger partial charge in [0.2, 0.25) is 0 Å². The van der Waals surface area contributed by atoms with Gasteiger partial charge in [0.25, 0.3) is 6.71 Å². The van der Waals surface area contributed by atoms with Crippen molar-refractivity contribution in [3.8, 4) is 23.0 Å². The lowest BCUT2D eigenvalue weighted by molar-refractivity contribution is 0.466. The maximum atomic E-state index is 6.15. The van der Waals surface area contributed by atoms with E-state index in [0.29, 0.717) is 17.1 Å². The van der Waals surface area contributed by atoms with Crippen molar-refractivity contribution < 1.29 is 9.47 Å². The second-order valence-corrected chi connectivity index (χ2v) is 5.87. The third kappa shape index (κ3) is 1.62. The van der Waals surface area contributed by atoms with Crippen LogP contribution in [0.1, 0.15) is 0 Å². The third-order valence-electron chi connectivity index (χ3n) is 4.49. The van der Waals surface area contributed by atoms with Crippen LogP contribution < -0.4 is 37.3 Å². The molecule has 0 saturated carbocycles. The molecule has 4 N–H and O–H groups in total. The van der Waals surface area contributed by atoms with Crippen molar-refractivity contribution in [3.05, 3.63) is 54.6 Å². The largest absolute Gasteiger partial charge is 0.458 e. The molecule has 0 unspecified atom stereocenters. The zero-order valence-corrected chi connectivity index (χ0v) is 12.2. The fourth-order valence-electron chi connectivity index (χ4n) is 3.47. The number of nitrogens with two attached hydrogens (primary N) is 2. The fraction of sp³-hybridized carbons (Fsp3) is 0. The average molecular weight is 300 g/mol. The smallest absolute Gasteiger partial charge is 0.260 e. The minimum atomic E-state index is 0.0396. The third-order valence-corrected chi connectivity index (χ3v) is 4.49. The van der Waals surface area contributed by atoms with Crippen molar-refractivity contribution >= 4 is 34.5 Å². The molecule has 3 aromatic rings. The Kier molecular flexibility index (Phi) is 2.29. The normalized spacial score (nSPS) is 13.3. The lowest BCUT2D eigenvalue weighted by Gasteiger charge is -2.33. The zero-order valence-electron chi connectivity index (χ0n) is 12.2. The predicted octanol–water partition coefficient (Wildman–Crippen LogP) is 1.58. The van der Waals surface area contributed by atoms with Gasteiger partial charge in [-0.3, -0.25) is 0 Å². The summed E-state index contributed by atoms with van der Waals surface area (Å²) in [5.41, 5.74) is 16.6. The highest BCUT2D eigenvalue weighted by atomic mass is 16.5. The van der Waals surface area contributed by atoms with Gasteiger partial charge < -0.3 is 20.9 Å². The molecular weight excluding hydrogens is 287 g/mol. The van der Waals surface area contributed by atoms with Gasteiger partial charge in [0.05, 0.1) is 5.69 Å². The fourth-order valence-corrected chi connectivity index (χ4v) is 3.47. The number of ether oxygens (including phenoxy) is 2. The second-order valence-electron chi connectivity index (χ2n) is 5.87. The summed E-state index contributed by atoms with van der Waals surface area (Å²) < 4.78 is 12.1. The molecule has 23 heavy (non-hydrogen) atoms. The van der Waals surface area contributed by atoms with Crippen molar-refractivity contribution in [1.29, 1.82) is 0 Å². The van der Waals surface area contributed by atoms with Gasteiger partial charge in [-0.25, -0.2) is 0 Å². The number of hydrogen-bond acceptors (Lipinski definition) is 4. The lowest BCUT2D eigenvalue weighted by atomic mass is 9.35. The molecule has 5 heteroatoms. The number of para-hydroxylation sites is 1. The summed E-state index contributed by atoms with van der Waals surface area (Å²) in [4.78, 5) is 0. The summed E-state index contributed by atoms with van der Waals surface area (Å²) in [6.45, 7) is 0.0396. The molecule has 2 aliphatic rings. The van der Waals surface area contributed by atoms with Gasteiger partial charge in [0, 0.05) is 17.2 Å². The van der Waals surface area contributed by atoms with E-state index in [-0.39, 0.29) is 6.71 Å². The van der Waals surface area contributed by atoms with Crippen LogP contribution >= 0.6 is 0 Å². The van der Waals surface area contributed by atoms with Crippen LogP contribution in [0.4, 0.5) is 11.4 Å². The first kappa shape index (κ1) is 12.5. The molecule has 0 aliphatic carbocycles. The van der Waals surface area contributed by atoms with E-state index in [4.69, 9.17) is 20.9 Å². The van der Waals surface area contributed by atoms with E-state index in [1.807, 2.05) is 48.5 Å². The van der Waals surface area contributed by atoms with E-state index >= 15 is 0 Å². The van der Waals surface area contributed by atoms with E-state index in [2.05, 4.69) is 6.07 Å². The van der Waals surface area contributed by atoms with Crippen molar-refractivity contribution in [2.45, 2.75) is 0 Å². The molecule has 0 atom stereocenters. The number of benzene rings is 3. The number of anilines is 2. The summed E-state index contributed by atoms with van der Waals surface area (Å²) in [7, 11) is 0. The van der Waals surface area contributed by atoms with Crippen LogP contribution in [0.5, 0.6) is 23.0 Å². The minimum Gasteiger partial charge on any atom is -0.458 e. The molecule has 3 aromatic carbocycles. The van der Waals surface area contributed by atoms with E-state index in [1.165, 1.54) is 0 Å². The molecule has 5 rings (SSSR count). The first-order chi connectivity index (χ1) is 11.2. The SMILES string of the molecule is Nc1ccc2c(c1)Oc1ccc(N)c3c1B2c1ccccc1O3. The Labute approximate surface area is 133 Å². The van der Waals surface area contributed by atoms with E-state index in [1.54, 1.807) is 0 Å². The molecule has 4 nitrogen and oxygen atoms in total. The Hall–Kier alpha value is -3.08. The van der Waals surface area contributed by atoms with Crippen molar-refractivity contribution in [2.24, 2.45) is 0 Å². The van der Waals surface area contributed by atoms with Gasteiger partial charge in [-0.15, -0.1) is 0 Å². The lowest BCUT2D eigenvalue weighted by Crippen LogP contribution is -2.57. The molecule has 110 valence electrons. The molecule has 0 radical (unpaired) electrons. The van der Waals surface area contributed by atoms with Crippen LogP contribution in [0.2, 0.25) is 0 Å². The summed E-state index contributed by atoms with van der Waals surface area (Å²) >= 11 is 0. The number of nitrogen functional groups attached to an aromatic ring is 2.